The molecule has 1 aromatic carbocycles. The van der Waals surface area contributed by atoms with Crippen LogP contribution in [-0.2, 0) is 12.8 Å². The number of aryl methyl sites for hydroxylation is 2. The summed E-state index contributed by atoms with van der Waals surface area (Å²) in [5.41, 5.74) is 3.40. The molecule has 1 heterocycles. The summed E-state index contributed by atoms with van der Waals surface area (Å²) in [5.74, 6) is 0.495. The van der Waals surface area contributed by atoms with Crippen LogP contribution < -0.4 is 5.32 Å². The van der Waals surface area contributed by atoms with Gasteiger partial charge in [0.25, 0.3) is 5.69 Å². The molecular weight excluding hydrogens is 254 g/mol. The second kappa shape index (κ2) is 6.14. The largest absolute Gasteiger partial charge is 0.340 e. The lowest BCUT2D eigenvalue weighted by molar-refractivity contribution is -0.384. The second-order valence-electron chi connectivity index (χ2n) is 4.44. The standard InChI is InChI=1S/C15H17N3O2/c1-3-11-6-5-7-12(4-2)15(11)17-14-10-13(18(19)20)8-9-16-14/h5-10H,3-4H2,1-2H3,(H,16,17). The van der Waals surface area contributed by atoms with Gasteiger partial charge in [-0.2, -0.15) is 0 Å². The zero-order valence-electron chi connectivity index (χ0n) is 11.6. The SMILES string of the molecule is CCc1cccc(CC)c1Nc1cc([N+](=O)[O-])ccn1. The Bertz CT molecular complexity index is 604. The average molecular weight is 271 g/mol. The normalized spacial score (nSPS) is 10.3. The van der Waals surface area contributed by atoms with Crippen molar-refractivity contribution < 1.29 is 4.92 Å². The van der Waals surface area contributed by atoms with E-state index < -0.39 is 4.92 Å². The molecule has 0 aliphatic rings. The van der Waals surface area contributed by atoms with Gasteiger partial charge in [-0.3, -0.25) is 10.1 Å². The monoisotopic (exact) mass is 271 g/mol. The first kappa shape index (κ1) is 14.0. The molecule has 20 heavy (non-hydrogen) atoms. The topological polar surface area (TPSA) is 68.1 Å². The summed E-state index contributed by atoms with van der Waals surface area (Å²) >= 11 is 0. The van der Waals surface area contributed by atoms with Gasteiger partial charge in [-0.15, -0.1) is 0 Å². The second-order valence-corrected chi connectivity index (χ2v) is 4.44. The summed E-state index contributed by atoms with van der Waals surface area (Å²) < 4.78 is 0. The number of pyridine rings is 1. The van der Waals surface area contributed by atoms with Crippen LogP contribution in [0.3, 0.4) is 0 Å². The smallest absolute Gasteiger partial charge is 0.274 e. The fraction of sp³-hybridized carbons (Fsp3) is 0.267. The first-order valence-corrected chi connectivity index (χ1v) is 6.64. The fourth-order valence-corrected chi connectivity index (χ4v) is 2.13. The molecule has 5 nitrogen and oxygen atoms in total. The number of anilines is 2. The van der Waals surface area contributed by atoms with E-state index in [1.807, 2.05) is 6.07 Å². The predicted molar refractivity (Wildman–Crippen MR) is 79.4 cm³/mol. The van der Waals surface area contributed by atoms with Gasteiger partial charge in [-0.05, 0) is 24.0 Å². The van der Waals surface area contributed by atoms with Crippen LogP contribution in [-0.4, -0.2) is 9.91 Å². The Labute approximate surface area is 117 Å². The number of rotatable bonds is 5. The van der Waals surface area contributed by atoms with Crippen LogP contribution in [0.15, 0.2) is 36.5 Å². The highest BCUT2D eigenvalue weighted by atomic mass is 16.6. The summed E-state index contributed by atoms with van der Waals surface area (Å²) in [6.07, 6.45) is 3.23. The van der Waals surface area contributed by atoms with E-state index in [1.165, 1.54) is 29.5 Å². The van der Waals surface area contributed by atoms with E-state index in [1.54, 1.807) is 0 Å². The highest BCUT2D eigenvalue weighted by Crippen LogP contribution is 2.26. The van der Waals surface area contributed by atoms with Crippen LogP contribution >= 0.6 is 0 Å². The Balaban J connectivity index is 2.39. The van der Waals surface area contributed by atoms with Crippen molar-refractivity contribution in [2.24, 2.45) is 0 Å². The van der Waals surface area contributed by atoms with Crippen molar-refractivity contribution in [2.75, 3.05) is 5.32 Å². The minimum Gasteiger partial charge on any atom is -0.340 e. The van der Waals surface area contributed by atoms with Crippen LogP contribution in [0, 0.1) is 10.1 Å². The highest BCUT2D eigenvalue weighted by Gasteiger charge is 2.10. The molecule has 0 aliphatic heterocycles. The van der Waals surface area contributed by atoms with Crippen molar-refractivity contribution in [3.05, 3.63) is 57.8 Å². The molecule has 1 aromatic heterocycles. The number of nitrogens with zero attached hydrogens (tertiary/aromatic N) is 2. The van der Waals surface area contributed by atoms with Crippen LogP contribution in [0.4, 0.5) is 17.2 Å². The lowest BCUT2D eigenvalue weighted by Crippen LogP contribution is -2.02. The van der Waals surface area contributed by atoms with E-state index in [0.29, 0.717) is 5.82 Å². The molecule has 0 amide bonds. The maximum Gasteiger partial charge on any atom is 0.274 e. The first-order valence-electron chi connectivity index (χ1n) is 6.64. The number of nitrogens with one attached hydrogen (secondary N) is 1. The predicted octanol–water partition coefficient (Wildman–Crippen LogP) is 3.86. The number of benzene rings is 1. The van der Waals surface area contributed by atoms with E-state index >= 15 is 0 Å². The zero-order valence-corrected chi connectivity index (χ0v) is 11.6. The third-order valence-electron chi connectivity index (χ3n) is 3.21. The van der Waals surface area contributed by atoms with Gasteiger partial charge in [0.05, 0.1) is 11.0 Å². The van der Waals surface area contributed by atoms with Crippen LogP contribution in [0.1, 0.15) is 25.0 Å². The molecule has 1 N–H and O–H groups in total. The number of nitro groups is 1. The summed E-state index contributed by atoms with van der Waals surface area (Å²) in [7, 11) is 0. The zero-order chi connectivity index (χ0) is 14.5. The molecule has 0 aliphatic carbocycles. The average Bonchev–Trinajstić information content (AvgIpc) is 2.47. The molecule has 0 radical (unpaired) electrons. The summed E-state index contributed by atoms with van der Waals surface area (Å²) in [6, 6.07) is 8.98. The van der Waals surface area contributed by atoms with Gasteiger partial charge in [-0.25, -0.2) is 4.98 Å². The molecule has 0 unspecified atom stereocenters. The van der Waals surface area contributed by atoms with Gasteiger partial charge in [0.15, 0.2) is 0 Å². The third kappa shape index (κ3) is 2.93. The van der Waals surface area contributed by atoms with Crippen molar-refractivity contribution in [1.82, 2.24) is 4.98 Å². The lowest BCUT2D eigenvalue weighted by Gasteiger charge is -2.14. The van der Waals surface area contributed by atoms with E-state index in [4.69, 9.17) is 0 Å². The molecular formula is C15H17N3O2. The molecule has 104 valence electrons. The maximum absolute atomic E-state index is 10.8. The Kier molecular flexibility index (Phi) is 4.30. The number of hydrogen-bond donors (Lipinski definition) is 1. The van der Waals surface area contributed by atoms with E-state index in [9.17, 15) is 10.1 Å². The van der Waals surface area contributed by atoms with Crippen molar-refractivity contribution in [2.45, 2.75) is 26.7 Å². The van der Waals surface area contributed by atoms with Gasteiger partial charge >= 0.3 is 0 Å². The minimum absolute atomic E-state index is 0.0366. The maximum atomic E-state index is 10.8. The Morgan fingerprint density at radius 1 is 1.20 bits per heavy atom. The minimum atomic E-state index is -0.417. The molecule has 0 atom stereocenters. The molecule has 5 heteroatoms. The Morgan fingerprint density at radius 2 is 1.85 bits per heavy atom. The highest BCUT2D eigenvalue weighted by molar-refractivity contribution is 5.66. The van der Waals surface area contributed by atoms with Crippen LogP contribution in [0.2, 0.25) is 0 Å². The molecule has 0 saturated carbocycles. The number of para-hydroxylation sites is 1. The van der Waals surface area contributed by atoms with E-state index in [-0.39, 0.29) is 5.69 Å². The molecule has 0 fully saturated rings. The fourth-order valence-electron chi connectivity index (χ4n) is 2.13. The quantitative estimate of drug-likeness (QED) is 0.662. The van der Waals surface area contributed by atoms with Crippen molar-refractivity contribution in [3.63, 3.8) is 0 Å². The Hall–Kier alpha value is -2.43. The van der Waals surface area contributed by atoms with Gasteiger partial charge in [-0.1, -0.05) is 32.0 Å². The van der Waals surface area contributed by atoms with Crippen molar-refractivity contribution in [3.8, 4) is 0 Å². The molecule has 2 aromatic rings. The first-order chi connectivity index (χ1) is 9.65. The number of hydrogen-bond acceptors (Lipinski definition) is 4. The van der Waals surface area contributed by atoms with Crippen molar-refractivity contribution in [1.29, 1.82) is 0 Å². The van der Waals surface area contributed by atoms with E-state index in [2.05, 4.69) is 36.3 Å². The lowest BCUT2D eigenvalue weighted by atomic mass is 10.0. The van der Waals surface area contributed by atoms with Crippen LogP contribution in [0.25, 0.3) is 0 Å². The number of aromatic nitrogens is 1. The third-order valence-corrected chi connectivity index (χ3v) is 3.21. The van der Waals surface area contributed by atoms with Gasteiger partial charge < -0.3 is 5.32 Å². The molecule has 0 saturated heterocycles. The molecule has 0 spiro atoms. The van der Waals surface area contributed by atoms with E-state index in [0.717, 1.165) is 18.5 Å². The van der Waals surface area contributed by atoms with Gasteiger partial charge in [0.1, 0.15) is 5.82 Å². The van der Waals surface area contributed by atoms with Gasteiger partial charge in [0, 0.05) is 18.0 Å². The molecule has 2 rings (SSSR count). The Morgan fingerprint density at radius 3 is 2.40 bits per heavy atom. The van der Waals surface area contributed by atoms with Crippen molar-refractivity contribution >= 4 is 17.2 Å². The summed E-state index contributed by atoms with van der Waals surface area (Å²) in [4.78, 5) is 14.5. The van der Waals surface area contributed by atoms with Gasteiger partial charge in [0.2, 0.25) is 0 Å². The molecule has 0 bridgehead atoms. The summed E-state index contributed by atoms with van der Waals surface area (Å²) in [6.45, 7) is 4.17. The summed E-state index contributed by atoms with van der Waals surface area (Å²) in [5, 5.41) is 14.0. The van der Waals surface area contributed by atoms with Crippen LogP contribution in [0.5, 0.6) is 0 Å².